The van der Waals surface area contributed by atoms with Crippen molar-refractivity contribution in [2.75, 3.05) is 5.32 Å². The van der Waals surface area contributed by atoms with Crippen molar-refractivity contribution in [2.24, 2.45) is 0 Å². The Morgan fingerprint density at radius 3 is 2.62 bits per heavy atom. The van der Waals surface area contributed by atoms with Gasteiger partial charge in [0, 0.05) is 10.6 Å². The van der Waals surface area contributed by atoms with Crippen LogP contribution in [-0.4, -0.2) is 27.8 Å². The number of carboxylic acids is 1. The van der Waals surface area contributed by atoms with Gasteiger partial charge in [0.2, 0.25) is 0 Å². The van der Waals surface area contributed by atoms with Crippen LogP contribution in [0.1, 0.15) is 31.3 Å². The number of amides is 1. The third-order valence-corrected chi connectivity index (χ3v) is 3.84. The maximum atomic E-state index is 13.9. The number of ether oxygens (including phenoxy) is 1. The van der Waals surface area contributed by atoms with Crippen LogP contribution in [-0.2, 0) is 4.74 Å². The second-order valence-corrected chi connectivity index (χ2v) is 7.19. The number of aromatic nitrogens is 1. The summed E-state index contributed by atoms with van der Waals surface area (Å²) in [6, 6.07) is 3.85. The molecule has 0 aliphatic rings. The van der Waals surface area contributed by atoms with Gasteiger partial charge in [-0.2, -0.15) is 0 Å². The molecule has 0 fully saturated rings. The number of anilines is 1. The molecule has 1 amide bonds. The zero-order valence-corrected chi connectivity index (χ0v) is 14.6. The molecule has 2 aromatic rings. The van der Waals surface area contributed by atoms with E-state index < -0.39 is 29.2 Å². The van der Waals surface area contributed by atoms with E-state index in [9.17, 15) is 19.1 Å². The molecule has 1 aromatic heterocycles. The molecular formula is C15H14ClFN2O4S. The Kier molecular flexibility index (Phi) is 5.10. The molecule has 1 aromatic carbocycles. The lowest BCUT2D eigenvalue weighted by Crippen LogP contribution is -2.27. The van der Waals surface area contributed by atoms with Crippen LogP contribution < -0.4 is 5.32 Å². The summed E-state index contributed by atoms with van der Waals surface area (Å²) < 4.78 is 19.0. The number of thiazole rings is 1. The lowest BCUT2D eigenvalue weighted by Gasteiger charge is -2.19. The number of carbonyl (C=O) groups is 2. The Morgan fingerprint density at radius 2 is 2.04 bits per heavy atom. The van der Waals surface area contributed by atoms with Gasteiger partial charge in [0.15, 0.2) is 5.69 Å². The monoisotopic (exact) mass is 372 g/mol. The molecule has 0 saturated heterocycles. The van der Waals surface area contributed by atoms with E-state index in [2.05, 4.69) is 10.3 Å². The summed E-state index contributed by atoms with van der Waals surface area (Å²) >= 11 is 6.65. The Hall–Kier alpha value is -2.19. The third-order valence-electron chi connectivity index (χ3n) is 2.60. The molecule has 9 heteroatoms. The number of nitrogens with one attached hydrogen (secondary N) is 1. The van der Waals surface area contributed by atoms with Gasteiger partial charge in [-0.1, -0.05) is 22.9 Å². The molecule has 6 nitrogen and oxygen atoms in total. The van der Waals surface area contributed by atoms with E-state index >= 15 is 0 Å². The van der Waals surface area contributed by atoms with Crippen molar-refractivity contribution in [3.05, 3.63) is 34.7 Å². The first-order valence-electron chi connectivity index (χ1n) is 6.76. The summed E-state index contributed by atoms with van der Waals surface area (Å²) in [5.41, 5.74) is -1.10. The summed E-state index contributed by atoms with van der Waals surface area (Å²) in [5.74, 6) is -1.96. The predicted molar refractivity (Wildman–Crippen MR) is 89.3 cm³/mol. The smallest absolute Gasteiger partial charge is 0.412 e. The van der Waals surface area contributed by atoms with Crippen molar-refractivity contribution in [3.63, 3.8) is 0 Å². The minimum absolute atomic E-state index is 0.0484. The highest BCUT2D eigenvalue weighted by atomic mass is 35.5. The highest BCUT2D eigenvalue weighted by molar-refractivity contribution is 7.19. The summed E-state index contributed by atoms with van der Waals surface area (Å²) in [6.45, 7) is 5.01. The molecule has 2 N–H and O–H groups in total. The van der Waals surface area contributed by atoms with Gasteiger partial charge in [0.25, 0.3) is 0 Å². The average Bonchev–Trinajstić information content (AvgIpc) is 2.83. The van der Waals surface area contributed by atoms with Crippen LogP contribution in [0.2, 0.25) is 5.02 Å². The van der Waals surface area contributed by atoms with E-state index in [0.717, 1.165) is 17.4 Å². The Balaban J connectivity index is 2.39. The van der Waals surface area contributed by atoms with Crippen LogP contribution in [0.5, 0.6) is 0 Å². The molecule has 24 heavy (non-hydrogen) atoms. The van der Waals surface area contributed by atoms with Gasteiger partial charge < -0.3 is 9.84 Å². The van der Waals surface area contributed by atoms with Crippen molar-refractivity contribution < 1.29 is 23.8 Å². The number of aromatic carboxylic acids is 1. The maximum absolute atomic E-state index is 13.9. The number of hydrogen-bond acceptors (Lipinski definition) is 5. The fourth-order valence-electron chi connectivity index (χ4n) is 1.72. The second-order valence-electron chi connectivity index (χ2n) is 5.75. The minimum Gasteiger partial charge on any atom is -0.476 e. The zero-order chi connectivity index (χ0) is 18.1. The largest absolute Gasteiger partial charge is 0.476 e. The number of nitrogens with zero attached hydrogens (tertiary/aromatic N) is 1. The highest BCUT2D eigenvalue weighted by Crippen LogP contribution is 2.35. The van der Waals surface area contributed by atoms with Crippen molar-refractivity contribution in [3.8, 4) is 10.6 Å². The number of carbonyl (C=O) groups excluding carboxylic acids is 1. The molecule has 2 rings (SSSR count). The Labute approximate surface area is 146 Å². The fourth-order valence-corrected chi connectivity index (χ4v) is 2.86. The summed E-state index contributed by atoms with van der Waals surface area (Å²) in [5, 5.41) is 11.9. The lowest BCUT2D eigenvalue weighted by atomic mass is 10.2. The average molecular weight is 373 g/mol. The van der Waals surface area contributed by atoms with E-state index in [-0.39, 0.29) is 20.6 Å². The molecule has 0 unspecified atom stereocenters. The van der Waals surface area contributed by atoms with Gasteiger partial charge >= 0.3 is 12.1 Å². The van der Waals surface area contributed by atoms with Crippen molar-refractivity contribution in [1.82, 2.24) is 4.98 Å². The first-order chi connectivity index (χ1) is 11.1. The van der Waals surface area contributed by atoms with Crippen LogP contribution in [0.4, 0.5) is 14.2 Å². The molecule has 128 valence electrons. The van der Waals surface area contributed by atoms with Crippen molar-refractivity contribution >= 4 is 40.0 Å². The van der Waals surface area contributed by atoms with E-state index in [4.69, 9.17) is 16.3 Å². The summed E-state index contributed by atoms with van der Waals surface area (Å²) in [7, 11) is 0. The number of hydrogen-bond donors (Lipinski definition) is 2. The normalized spacial score (nSPS) is 11.2. The number of halogens is 2. The van der Waals surface area contributed by atoms with E-state index in [1.807, 2.05) is 0 Å². The first kappa shape index (κ1) is 18.2. The fraction of sp³-hybridized carbons (Fsp3) is 0.267. The van der Waals surface area contributed by atoms with Crippen molar-refractivity contribution in [1.29, 1.82) is 0 Å². The predicted octanol–water partition coefficient (Wildman–Crippen LogP) is 4.65. The molecular weight excluding hydrogens is 359 g/mol. The van der Waals surface area contributed by atoms with E-state index in [1.54, 1.807) is 20.8 Å². The molecule has 0 spiro atoms. The van der Waals surface area contributed by atoms with Crippen molar-refractivity contribution in [2.45, 2.75) is 26.4 Å². The zero-order valence-electron chi connectivity index (χ0n) is 13.0. The van der Waals surface area contributed by atoms with Gasteiger partial charge in [-0.15, -0.1) is 0 Å². The third kappa shape index (κ3) is 4.42. The highest BCUT2D eigenvalue weighted by Gasteiger charge is 2.24. The molecule has 0 aliphatic carbocycles. The van der Waals surface area contributed by atoms with E-state index in [1.165, 1.54) is 12.1 Å². The summed E-state index contributed by atoms with van der Waals surface area (Å²) in [6.07, 6.45) is -0.827. The molecule has 0 atom stereocenters. The van der Waals surface area contributed by atoms with Crippen LogP contribution in [0, 0.1) is 5.82 Å². The van der Waals surface area contributed by atoms with Crippen LogP contribution in [0.3, 0.4) is 0 Å². The number of carboxylic acid groups (broad SMARTS) is 1. The second kappa shape index (κ2) is 6.74. The SMILES string of the molecule is CC(C)(C)OC(=O)Nc1sc(-c2cc(Cl)ccc2F)nc1C(=O)O. The molecule has 0 bridgehead atoms. The Morgan fingerprint density at radius 1 is 1.38 bits per heavy atom. The molecule has 1 heterocycles. The van der Waals surface area contributed by atoms with E-state index in [0.29, 0.717) is 0 Å². The van der Waals surface area contributed by atoms with Gasteiger partial charge in [0.05, 0.1) is 0 Å². The summed E-state index contributed by atoms with van der Waals surface area (Å²) in [4.78, 5) is 27.0. The molecule has 0 radical (unpaired) electrons. The van der Waals surface area contributed by atoms with Gasteiger partial charge in [-0.05, 0) is 39.0 Å². The first-order valence-corrected chi connectivity index (χ1v) is 7.96. The quantitative estimate of drug-likeness (QED) is 0.818. The number of benzene rings is 1. The maximum Gasteiger partial charge on any atom is 0.412 e. The standard InChI is InChI=1S/C15H14ClFN2O4S/c1-15(2,3)23-14(22)19-12-10(13(20)21)18-11(24-12)8-6-7(16)4-5-9(8)17/h4-6H,1-3H3,(H,19,22)(H,20,21). The van der Waals surface area contributed by atoms with Gasteiger partial charge in [0.1, 0.15) is 21.4 Å². The van der Waals surface area contributed by atoms with Gasteiger partial charge in [-0.3, -0.25) is 5.32 Å². The lowest BCUT2D eigenvalue weighted by molar-refractivity contribution is 0.0636. The molecule has 0 aliphatic heterocycles. The molecule has 0 saturated carbocycles. The Bertz CT molecular complexity index is 801. The van der Waals surface area contributed by atoms with Crippen LogP contribution in [0.15, 0.2) is 18.2 Å². The van der Waals surface area contributed by atoms with Gasteiger partial charge in [-0.25, -0.2) is 19.0 Å². The topological polar surface area (TPSA) is 88.5 Å². The van der Waals surface area contributed by atoms with Crippen LogP contribution in [0.25, 0.3) is 10.6 Å². The van der Waals surface area contributed by atoms with Crippen LogP contribution >= 0.6 is 22.9 Å². The number of rotatable bonds is 3. The minimum atomic E-state index is -1.36.